The molecule has 0 bridgehead atoms. The topological polar surface area (TPSA) is 98.7 Å². The third-order valence-corrected chi connectivity index (χ3v) is 3.74. The summed E-state index contributed by atoms with van der Waals surface area (Å²) in [6.45, 7) is 0.809. The minimum Gasteiger partial charge on any atom is -0.479 e. The molecule has 2 amide bonds. The van der Waals surface area contributed by atoms with E-state index in [9.17, 15) is 14.7 Å². The van der Waals surface area contributed by atoms with Gasteiger partial charge in [0.1, 0.15) is 0 Å². The number of hydrogen-bond donors (Lipinski definition) is 4. The molecule has 0 heterocycles. The summed E-state index contributed by atoms with van der Waals surface area (Å²) in [4.78, 5) is 22.5. The van der Waals surface area contributed by atoms with Crippen molar-refractivity contribution in [1.82, 2.24) is 10.6 Å². The van der Waals surface area contributed by atoms with Crippen LogP contribution in [0.2, 0.25) is 0 Å². The van der Waals surface area contributed by atoms with E-state index in [1.165, 1.54) is 11.1 Å². The maximum absolute atomic E-state index is 11.8. The predicted molar refractivity (Wildman–Crippen MR) is 77.0 cm³/mol. The average molecular weight is 292 g/mol. The van der Waals surface area contributed by atoms with Gasteiger partial charge in [0.15, 0.2) is 5.60 Å². The maximum Gasteiger partial charge on any atom is 0.337 e. The van der Waals surface area contributed by atoms with Crippen LogP contribution in [-0.2, 0) is 17.6 Å². The van der Waals surface area contributed by atoms with E-state index in [0.717, 1.165) is 26.2 Å². The second-order valence-corrected chi connectivity index (χ2v) is 5.61. The normalized spacial score (nSPS) is 20.0. The van der Waals surface area contributed by atoms with Crippen LogP contribution in [0.25, 0.3) is 0 Å². The van der Waals surface area contributed by atoms with E-state index in [1.54, 1.807) is 0 Å². The number of hydrogen-bond acceptors (Lipinski definition) is 3. The largest absolute Gasteiger partial charge is 0.479 e. The van der Waals surface area contributed by atoms with Crippen molar-refractivity contribution in [2.45, 2.75) is 37.8 Å². The molecule has 114 valence electrons. The quantitative estimate of drug-likeness (QED) is 0.656. The molecule has 1 aliphatic carbocycles. The molecule has 6 nitrogen and oxygen atoms in total. The van der Waals surface area contributed by atoms with Crippen molar-refractivity contribution in [2.24, 2.45) is 0 Å². The number of aliphatic hydroxyl groups is 1. The third-order valence-electron chi connectivity index (χ3n) is 3.74. The van der Waals surface area contributed by atoms with E-state index in [2.05, 4.69) is 22.8 Å². The van der Waals surface area contributed by atoms with Crippen LogP contribution in [0, 0.1) is 0 Å². The molecule has 1 aromatic carbocycles. The van der Waals surface area contributed by atoms with Gasteiger partial charge < -0.3 is 20.8 Å². The summed E-state index contributed by atoms with van der Waals surface area (Å²) in [7, 11) is 0. The highest BCUT2D eigenvalue weighted by Crippen LogP contribution is 2.20. The Morgan fingerprint density at radius 3 is 2.67 bits per heavy atom. The van der Waals surface area contributed by atoms with Gasteiger partial charge in [-0.2, -0.15) is 0 Å². The van der Waals surface area contributed by atoms with Crippen LogP contribution in [0.1, 0.15) is 24.5 Å². The van der Waals surface area contributed by atoms with Gasteiger partial charge in [-0.25, -0.2) is 9.59 Å². The fourth-order valence-electron chi connectivity index (χ4n) is 2.39. The van der Waals surface area contributed by atoms with Crippen LogP contribution < -0.4 is 10.6 Å². The van der Waals surface area contributed by atoms with E-state index in [0.29, 0.717) is 0 Å². The van der Waals surface area contributed by atoms with Crippen molar-refractivity contribution in [3.05, 3.63) is 35.4 Å². The van der Waals surface area contributed by atoms with Gasteiger partial charge in [-0.15, -0.1) is 0 Å². The Morgan fingerprint density at radius 2 is 2.00 bits per heavy atom. The molecule has 0 aromatic heterocycles. The van der Waals surface area contributed by atoms with Crippen LogP contribution in [-0.4, -0.2) is 40.4 Å². The van der Waals surface area contributed by atoms with Crippen LogP contribution in [0.15, 0.2) is 24.3 Å². The first-order valence-corrected chi connectivity index (χ1v) is 6.95. The Hall–Kier alpha value is -2.08. The maximum atomic E-state index is 11.8. The molecule has 1 aromatic rings. The van der Waals surface area contributed by atoms with Gasteiger partial charge in [-0.1, -0.05) is 24.3 Å². The summed E-state index contributed by atoms with van der Waals surface area (Å²) < 4.78 is 0. The highest BCUT2D eigenvalue weighted by Gasteiger charge is 2.30. The number of amides is 2. The summed E-state index contributed by atoms with van der Waals surface area (Å²) in [5, 5.41) is 23.5. The first-order chi connectivity index (χ1) is 9.88. The summed E-state index contributed by atoms with van der Waals surface area (Å²) in [6, 6.07) is 7.69. The molecule has 2 rings (SSSR count). The van der Waals surface area contributed by atoms with Gasteiger partial charge in [0.2, 0.25) is 0 Å². The highest BCUT2D eigenvalue weighted by molar-refractivity contribution is 5.79. The third kappa shape index (κ3) is 3.95. The van der Waals surface area contributed by atoms with E-state index in [1.807, 2.05) is 12.1 Å². The van der Waals surface area contributed by atoms with E-state index >= 15 is 0 Å². The second kappa shape index (κ2) is 6.13. The molecule has 1 aliphatic rings. The number of aryl methyl sites for hydroxylation is 1. The van der Waals surface area contributed by atoms with Gasteiger partial charge in [0.05, 0.1) is 6.54 Å². The van der Waals surface area contributed by atoms with Crippen molar-refractivity contribution < 1.29 is 19.8 Å². The molecule has 0 radical (unpaired) electrons. The summed E-state index contributed by atoms with van der Waals surface area (Å²) in [6.07, 6.45) is 2.52. The summed E-state index contributed by atoms with van der Waals surface area (Å²) in [5.74, 6) is -1.37. The monoisotopic (exact) mass is 292 g/mol. The van der Waals surface area contributed by atoms with Gasteiger partial charge >= 0.3 is 12.0 Å². The Labute approximate surface area is 123 Å². The molecule has 0 spiro atoms. The second-order valence-electron chi connectivity index (χ2n) is 5.61. The number of rotatable bonds is 4. The summed E-state index contributed by atoms with van der Waals surface area (Å²) in [5.41, 5.74) is 0.576. The van der Waals surface area contributed by atoms with E-state index in [-0.39, 0.29) is 12.6 Å². The Balaban J connectivity index is 1.83. The molecule has 21 heavy (non-hydrogen) atoms. The lowest BCUT2D eigenvalue weighted by Crippen LogP contribution is -2.51. The van der Waals surface area contributed by atoms with Crippen LogP contribution >= 0.6 is 0 Å². The van der Waals surface area contributed by atoms with Crippen molar-refractivity contribution in [3.63, 3.8) is 0 Å². The SMILES string of the molecule is CC(O)(CNC(=O)NC1CCc2ccccc2C1)C(=O)O. The molecule has 6 heteroatoms. The standard InChI is InChI=1S/C15H20N2O4/c1-15(21,13(18)19)9-16-14(20)17-12-7-6-10-4-2-3-5-11(10)8-12/h2-5,12,21H,6-9H2,1H3,(H,18,19)(H2,16,17,20). The zero-order chi connectivity index (χ0) is 15.5. The minimum atomic E-state index is -1.96. The molecular formula is C15H20N2O4. The Kier molecular flexibility index (Phi) is 4.47. The Bertz CT molecular complexity index is 542. The number of benzene rings is 1. The van der Waals surface area contributed by atoms with Crippen LogP contribution in [0.5, 0.6) is 0 Å². The van der Waals surface area contributed by atoms with Gasteiger partial charge in [-0.3, -0.25) is 0 Å². The lowest BCUT2D eigenvalue weighted by Gasteiger charge is -2.26. The van der Waals surface area contributed by atoms with Crippen LogP contribution in [0.4, 0.5) is 4.79 Å². The molecule has 4 N–H and O–H groups in total. The minimum absolute atomic E-state index is 0.0228. The molecule has 0 saturated heterocycles. The number of fused-ring (bicyclic) bond motifs is 1. The number of carbonyl (C=O) groups excluding carboxylic acids is 1. The smallest absolute Gasteiger partial charge is 0.337 e. The lowest BCUT2D eigenvalue weighted by molar-refractivity contribution is -0.155. The molecule has 2 unspecified atom stereocenters. The van der Waals surface area contributed by atoms with E-state index in [4.69, 9.17) is 5.11 Å². The van der Waals surface area contributed by atoms with E-state index < -0.39 is 17.6 Å². The van der Waals surface area contributed by atoms with Gasteiger partial charge in [-0.05, 0) is 37.3 Å². The predicted octanol–water partition coefficient (Wildman–Crippen LogP) is 0.679. The van der Waals surface area contributed by atoms with Crippen molar-refractivity contribution >= 4 is 12.0 Å². The van der Waals surface area contributed by atoms with Gasteiger partial charge in [0, 0.05) is 6.04 Å². The number of nitrogens with one attached hydrogen (secondary N) is 2. The zero-order valence-electron chi connectivity index (χ0n) is 11.9. The van der Waals surface area contributed by atoms with Crippen molar-refractivity contribution in [2.75, 3.05) is 6.54 Å². The number of carboxylic acid groups (broad SMARTS) is 1. The highest BCUT2D eigenvalue weighted by atomic mass is 16.4. The first-order valence-electron chi connectivity index (χ1n) is 6.95. The molecule has 0 aliphatic heterocycles. The number of urea groups is 1. The van der Waals surface area contributed by atoms with Crippen molar-refractivity contribution in [3.8, 4) is 0 Å². The Morgan fingerprint density at radius 1 is 1.33 bits per heavy atom. The average Bonchev–Trinajstić information content (AvgIpc) is 2.45. The number of carbonyl (C=O) groups is 2. The first kappa shape index (κ1) is 15.3. The fraction of sp³-hybridized carbons (Fsp3) is 0.467. The summed E-state index contributed by atoms with van der Waals surface area (Å²) >= 11 is 0. The molecular weight excluding hydrogens is 272 g/mol. The fourth-order valence-corrected chi connectivity index (χ4v) is 2.39. The molecule has 2 atom stereocenters. The molecule has 0 saturated carbocycles. The zero-order valence-corrected chi connectivity index (χ0v) is 11.9. The van der Waals surface area contributed by atoms with Crippen molar-refractivity contribution in [1.29, 1.82) is 0 Å². The van der Waals surface area contributed by atoms with Gasteiger partial charge in [0.25, 0.3) is 0 Å². The van der Waals surface area contributed by atoms with Crippen LogP contribution in [0.3, 0.4) is 0 Å². The molecule has 0 fully saturated rings. The number of carboxylic acids is 1. The lowest BCUT2D eigenvalue weighted by atomic mass is 9.88. The number of aliphatic carboxylic acids is 1.